The Labute approximate surface area is 162 Å². The summed E-state index contributed by atoms with van der Waals surface area (Å²) < 4.78 is 23.7. The number of ether oxygens (including phenoxy) is 2. The molecule has 142 valence electrons. The van der Waals surface area contributed by atoms with Gasteiger partial charge in [0.2, 0.25) is 5.78 Å². The van der Waals surface area contributed by atoms with Gasteiger partial charge in [-0.3, -0.25) is 4.79 Å². The second-order valence-corrected chi connectivity index (χ2v) is 6.15. The quantitative estimate of drug-likeness (QED) is 0.442. The fraction of sp³-hybridized carbons (Fsp3) is 0.130. The molecule has 0 saturated carbocycles. The van der Waals surface area contributed by atoms with Crippen molar-refractivity contribution in [1.82, 2.24) is 0 Å². The summed E-state index contributed by atoms with van der Waals surface area (Å²) >= 11 is 0. The molecule has 0 spiro atoms. The largest absolute Gasteiger partial charge is 0.481 e. The van der Waals surface area contributed by atoms with Gasteiger partial charge < -0.3 is 9.47 Å². The Hall–Kier alpha value is -3.47. The lowest BCUT2D eigenvalue weighted by Crippen LogP contribution is -2.27. The summed E-state index contributed by atoms with van der Waals surface area (Å²) in [6.45, 7) is 1.15. The van der Waals surface area contributed by atoms with Crippen LogP contribution >= 0.6 is 0 Å². The third-order valence-corrected chi connectivity index (χ3v) is 4.12. The Morgan fingerprint density at radius 2 is 1.54 bits per heavy atom. The van der Waals surface area contributed by atoms with Crippen LogP contribution in [0.2, 0.25) is 0 Å². The zero-order valence-electron chi connectivity index (χ0n) is 15.3. The molecule has 0 radical (unpaired) electrons. The number of hydrogen-bond donors (Lipinski definition) is 0. The van der Waals surface area contributed by atoms with Crippen LogP contribution in [0.1, 0.15) is 17.3 Å². The van der Waals surface area contributed by atoms with Crippen molar-refractivity contribution < 1.29 is 23.5 Å². The van der Waals surface area contributed by atoms with E-state index in [-0.39, 0.29) is 12.2 Å². The van der Waals surface area contributed by atoms with E-state index in [1.54, 1.807) is 6.07 Å². The molecule has 3 rings (SSSR count). The van der Waals surface area contributed by atoms with Crippen molar-refractivity contribution in [2.75, 3.05) is 6.61 Å². The first-order valence-corrected chi connectivity index (χ1v) is 8.81. The SMILES string of the molecule is C[C@H](OC(=O)COc1ccccc1-c1ccccc1)C(=O)c1ccc(F)cc1. The van der Waals surface area contributed by atoms with Crippen LogP contribution in [0.4, 0.5) is 4.39 Å². The van der Waals surface area contributed by atoms with Crippen LogP contribution in [-0.4, -0.2) is 24.5 Å². The zero-order chi connectivity index (χ0) is 19.9. The van der Waals surface area contributed by atoms with E-state index in [1.165, 1.54) is 31.2 Å². The lowest BCUT2D eigenvalue weighted by Gasteiger charge is -2.14. The highest BCUT2D eigenvalue weighted by molar-refractivity contribution is 6.00. The molecule has 0 N–H and O–H groups in total. The highest BCUT2D eigenvalue weighted by atomic mass is 19.1. The van der Waals surface area contributed by atoms with Crippen molar-refractivity contribution in [2.24, 2.45) is 0 Å². The van der Waals surface area contributed by atoms with E-state index in [9.17, 15) is 14.0 Å². The van der Waals surface area contributed by atoms with Gasteiger partial charge in [0.1, 0.15) is 11.6 Å². The standard InChI is InChI=1S/C23H19FO4/c1-16(23(26)18-11-13-19(24)14-12-18)28-22(25)15-27-21-10-6-5-9-20(21)17-7-3-2-4-8-17/h2-14,16H,15H2,1H3/t16-/m0/s1. The molecule has 1 atom stereocenters. The Morgan fingerprint density at radius 3 is 2.25 bits per heavy atom. The molecule has 5 heteroatoms. The minimum atomic E-state index is -0.995. The maximum absolute atomic E-state index is 13.0. The summed E-state index contributed by atoms with van der Waals surface area (Å²) in [4.78, 5) is 24.4. The van der Waals surface area contributed by atoms with E-state index in [1.807, 2.05) is 48.5 Å². The van der Waals surface area contributed by atoms with Crippen molar-refractivity contribution in [2.45, 2.75) is 13.0 Å². The molecular formula is C23H19FO4. The average Bonchev–Trinajstić information content (AvgIpc) is 2.73. The van der Waals surface area contributed by atoms with Gasteiger partial charge in [-0.05, 0) is 42.8 Å². The van der Waals surface area contributed by atoms with Gasteiger partial charge in [-0.1, -0.05) is 48.5 Å². The van der Waals surface area contributed by atoms with Crippen molar-refractivity contribution in [3.63, 3.8) is 0 Å². The molecule has 0 fully saturated rings. The number of ketones is 1. The fourth-order valence-electron chi connectivity index (χ4n) is 2.72. The summed E-state index contributed by atoms with van der Waals surface area (Å²) in [5.41, 5.74) is 2.09. The third-order valence-electron chi connectivity index (χ3n) is 4.12. The predicted octanol–water partition coefficient (Wildman–Crippen LogP) is 4.69. The van der Waals surface area contributed by atoms with Gasteiger partial charge in [0.15, 0.2) is 12.7 Å². The van der Waals surface area contributed by atoms with Crippen LogP contribution in [0.3, 0.4) is 0 Å². The van der Waals surface area contributed by atoms with Gasteiger partial charge in [0, 0.05) is 11.1 Å². The van der Waals surface area contributed by atoms with E-state index in [0.717, 1.165) is 11.1 Å². The molecule has 0 aromatic heterocycles. The Kier molecular flexibility index (Phi) is 6.17. The summed E-state index contributed by atoms with van der Waals surface area (Å²) in [6, 6.07) is 22.1. The van der Waals surface area contributed by atoms with Crippen molar-refractivity contribution in [1.29, 1.82) is 0 Å². The number of rotatable bonds is 7. The number of Topliss-reactive ketones (excluding diaryl/α,β-unsaturated/α-hetero) is 1. The molecule has 28 heavy (non-hydrogen) atoms. The maximum atomic E-state index is 13.0. The number of halogens is 1. The third kappa shape index (κ3) is 4.82. The van der Waals surface area contributed by atoms with Gasteiger partial charge in [0.25, 0.3) is 0 Å². The first-order chi connectivity index (χ1) is 13.5. The van der Waals surface area contributed by atoms with E-state index < -0.39 is 23.7 Å². The van der Waals surface area contributed by atoms with Gasteiger partial charge in [-0.15, -0.1) is 0 Å². The minimum absolute atomic E-state index is 0.275. The average molecular weight is 378 g/mol. The molecule has 3 aromatic carbocycles. The van der Waals surface area contributed by atoms with Crippen molar-refractivity contribution in [3.8, 4) is 16.9 Å². The number of carbonyl (C=O) groups excluding carboxylic acids is 2. The van der Waals surface area contributed by atoms with Gasteiger partial charge >= 0.3 is 5.97 Å². The number of benzene rings is 3. The van der Waals surface area contributed by atoms with Gasteiger partial charge in [-0.25, -0.2) is 9.18 Å². The molecule has 0 heterocycles. The lowest BCUT2D eigenvalue weighted by atomic mass is 10.1. The molecule has 3 aromatic rings. The predicted molar refractivity (Wildman–Crippen MR) is 104 cm³/mol. The molecule has 0 aliphatic heterocycles. The number of carbonyl (C=O) groups is 2. The summed E-state index contributed by atoms with van der Waals surface area (Å²) in [5, 5.41) is 0. The lowest BCUT2D eigenvalue weighted by molar-refractivity contribution is -0.148. The zero-order valence-corrected chi connectivity index (χ0v) is 15.3. The second-order valence-electron chi connectivity index (χ2n) is 6.15. The van der Waals surface area contributed by atoms with Crippen LogP contribution < -0.4 is 4.74 Å². The first kappa shape index (κ1) is 19.3. The van der Waals surface area contributed by atoms with Gasteiger partial charge in [-0.2, -0.15) is 0 Å². The van der Waals surface area contributed by atoms with Crippen LogP contribution in [0.25, 0.3) is 11.1 Å². The molecule has 4 nitrogen and oxygen atoms in total. The monoisotopic (exact) mass is 378 g/mol. The second kappa shape index (κ2) is 8.95. The summed E-state index contributed by atoms with van der Waals surface area (Å²) in [6.07, 6.45) is -0.995. The highest BCUT2D eigenvalue weighted by Crippen LogP contribution is 2.29. The Bertz CT molecular complexity index is 952. The van der Waals surface area contributed by atoms with Crippen LogP contribution in [0.5, 0.6) is 5.75 Å². The highest BCUT2D eigenvalue weighted by Gasteiger charge is 2.20. The molecule has 0 amide bonds. The molecule has 0 saturated heterocycles. The Balaban J connectivity index is 1.60. The van der Waals surface area contributed by atoms with E-state index in [2.05, 4.69) is 0 Å². The molecular weight excluding hydrogens is 359 g/mol. The van der Waals surface area contributed by atoms with E-state index in [4.69, 9.17) is 9.47 Å². The van der Waals surface area contributed by atoms with Crippen molar-refractivity contribution >= 4 is 11.8 Å². The minimum Gasteiger partial charge on any atom is -0.481 e. The molecule has 0 aliphatic carbocycles. The molecule has 0 aliphatic rings. The van der Waals surface area contributed by atoms with Crippen LogP contribution in [-0.2, 0) is 9.53 Å². The summed E-state index contributed by atoms with van der Waals surface area (Å²) in [7, 11) is 0. The number of para-hydroxylation sites is 1. The van der Waals surface area contributed by atoms with Gasteiger partial charge in [0.05, 0.1) is 0 Å². The maximum Gasteiger partial charge on any atom is 0.344 e. The van der Waals surface area contributed by atoms with Crippen LogP contribution in [0.15, 0.2) is 78.9 Å². The molecule has 0 unspecified atom stereocenters. The summed E-state index contributed by atoms with van der Waals surface area (Å²) in [5.74, 6) is -0.960. The van der Waals surface area contributed by atoms with E-state index in [0.29, 0.717) is 5.75 Å². The van der Waals surface area contributed by atoms with Crippen molar-refractivity contribution in [3.05, 3.63) is 90.2 Å². The number of hydrogen-bond acceptors (Lipinski definition) is 4. The Morgan fingerprint density at radius 1 is 0.893 bits per heavy atom. The van der Waals surface area contributed by atoms with E-state index >= 15 is 0 Å². The van der Waals surface area contributed by atoms with Crippen LogP contribution in [0, 0.1) is 5.82 Å². The first-order valence-electron chi connectivity index (χ1n) is 8.81. The molecule has 0 bridgehead atoms. The number of esters is 1. The topological polar surface area (TPSA) is 52.6 Å². The normalized spacial score (nSPS) is 11.5. The fourth-order valence-corrected chi connectivity index (χ4v) is 2.72. The smallest absolute Gasteiger partial charge is 0.344 e.